The predicted molar refractivity (Wildman–Crippen MR) is 153 cm³/mol. The van der Waals surface area contributed by atoms with Crippen LogP contribution < -0.4 is 36.7 Å². The number of hydrogen-bond donors (Lipinski definition) is 4. The van der Waals surface area contributed by atoms with Crippen LogP contribution >= 0.6 is 0 Å². The van der Waals surface area contributed by atoms with Gasteiger partial charge in [-0.15, -0.1) is 0 Å². The van der Waals surface area contributed by atoms with Crippen LogP contribution in [0.1, 0.15) is 52.5 Å². The second-order valence-corrected chi connectivity index (χ2v) is 10.5. The first-order chi connectivity index (χ1) is 18.1. The van der Waals surface area contributed by atoms with E-state index in [1.807, 2.05) is 18.2 Å². The van der Waals surface area contributed by atoms with Crippen molar-refractivity contribution >= 4 is 11.4 Å². The van der Waals surface area contributed by atoms with Gasteiger partial charge in [0.2, 0.25) is 0 Å². The van der Waals surface area contributed by atoms with Crippen molar-refractivity contribution in [2.45, 2.75) is 65.5 Å². The van der Waals surface area contributed by atoms with Crippen molar-refractivity contribution in [3.8, 4) is 11.5 Å². The van der Waals surface area contributed by atoms with Gasteiger partial charge in [-0.1, -0.05) is 40.2 Å². The molecular weight excluding hydrogens is 486 g/mol. The Balaban J connectivity index is 1.98. The average Bonchev–Trinajstić information content (AvgIpc) is 2.91. The second-order valence-electron chi connectivity index (χ2n) is 10.5. The smallest absolute Gasteiger partial charge is 0.253 e. The summed E-state index contributed by atoms with van der Waals surface area (Å²) in [6, 6.07) is 5.44. The lowest BCUT2D eigenvalue weighted by molar-refractivity contribution is 0.137. The minimum atomic E-state index is -0.876. The van der Waals surface area contributed by atoms with E-state index in [-0.39, 0.29) is 18.2 Å². The van der Waals surface area contributed by atoms with Crippen LogP contribution in [0.3, 0.4) is 0 Å². The minimum Gasteiger partial charge on any atom is -0.493 e. The molecule has 0 fully saturated rings. The third-order valence-corrected chi connectivity index (χ3v) is 7.21. The van der Waals surface area contributed by atoms with E-state index >= 15 is 0 Å². The van der Waals surface area contributed by atoms with E-state index in [0.717, 1.165) is 24.8 Å². The second kappa shape index (κ2) is 15.7. The number of hydrogen-bond acceptors (Lipinski definition) is 9. The van der Waals surface area contributed by atoms with Crippen molar-refractivity contribution in [2.24, 2.45) is 23.5 Å². The van der Waals surface area contributed by atoms with E-state index in [4.69, 9.17) is 19.9 Å². The first-order valence-corrected chi connectivity index (χ1v) is 13.7. The molecule has 0 aliphatic heterocycles. The summed E-state index contributed by atoms with van der Waals surface area (Å²) in [7, 11) is 3.29. The molecule has 0 aliphatic carbocycles. The number of nitrogens with one attached hydrogen (secondary N) is 2. The minimum absolute atomic E-state index is 0.0941. The van der Waals surface area contributed by atoms with Crippen molar-refractivity contribution < 1.29 is 19.3 Å². The van der Waals surface area contributed by atoms with E-state index in [0.29, 0.717) is 55.2 Å². The number of ether oxygens (including phenoxy) is 3. The van der Waals surface area contributed by atoms with Gasteiger partial charge in [-0.25, -0.2) is 0 Å². The summed E-state index contributed by atoms with van der Waals surface area (Å²) >= 11 is 0. The summed E-state index contributed by atoms with van der Waals surface area (Å²) in [5.41, 5.74) is 6.97. The maximum absolute atomic E-state index is 12.1. The van der Waals surface area contributed by atoms with Crippen LogP contribution in [-0.2, 0) is 11.2 Å². The van der Waals surface area contributed by atoms with Crippen LogP contribution in [-0.4, -0.2) is 57.8 Å². The Hall–Kier alpha value is -2.62. The number of aliphatic hydroxyl groups excluding tert-OH is 1. The highest BCUT2D eigenvalue weighted by Crippen LogP contribution is 2.31. The van der Waals surface area contributed by atoms with Crippen LogP contribution in [0.4, 0.5) is 11.4 Å². The summed E-state index contributed by atoms with van der Waals surface area (Å²) in [5, 5.41) is 16.8. The molecule has 0 heterocycles. The zero-order valence-corrected chi connectivity index (χ0v) is 23.8. The summed E-state index contributed by atoms with van der Waals surface area (Å²) in [6.07, 6.45) is 2.24. The lowest BCUT2D eigenvalue weighted by Gasteiger charge is -2.28. The van der Waals surface area contributed by atoms with E-state index in [9.17, 15) is 14.7 Å². The van der Waals surface area contributed by atoms with E-state index in [1.165, 1.54) is 0 Å². The summed E-state index contributed by atoms with van der Waals surface area (Å²) in [4.78, 5) is 24.0. The zero-order chi connectivity index (χ0) is 28.2. The van der Waals surface area contributed by atoms with Crippen molar-refractivity contribution in [3.05, 3.63) is 44.2 Å². The van der Waals surface area contributed by atoms with Gasteiger partial charge in [-0.05, 0) is 48.3 Å². The van der Waals surface area contributed by atoms with Crippen LogP contribution in [0.5, 0.6) is 11.5 Å². The molecule has 0 amide bonds. The molecule has 0 aromatic heterocycles. The van der Waals surface area contributed by atoms with Gasteiger partial charge in [0.05, 0.1) is 19.8 Å². The molecule has 2 aromatic carbocycles. The van der Waals surface area contributed by atoms with Gasteiger partial charge >= 0.3 is 0 Å². The fourth-order valence-corrected chi connectivity index (χ4v) is 4.25. The highest BCUT2D eigenvalue weighted by Gasteiger charge is 2.26. The molecule has 214 valence electrons. The van der Waals surface area contributed by atoms with Gasteiger partial charge in [-0.2, -0.15) is 0 Å². The Morgan fingerprint density at radius 2 is 1.63 bits per heavy atom. The van der Waals surface area contributed by atoms with Crippen LogP contribution in [0, 0.1) is 17.8 Å². The fourth-order valence-electron chi connectivity index (χ4n) is 4.25. The average molecular weight is 534 g/mol. The Morgan fingerprint density at radius 3 is 2.21 bits per heavy atom. The standard InChI is InChI=1S/C29H47N3O6/c1-7-19(4)16-31-26-27(29(35)28(26)34)32-17-23(33)22(30)15-21(18(2)3)13-20-9-10-24(37-6)25(14-20)38-12-8-11-36-5/h9-10,14,18-19,21-23,31-33H,7-8,11-13,15-17,30H2,1-6H3/t19-,21-,22-,23-/m0/s1. The van der Waals surface area contributed by atoms with Gasteiger partial charge in [0.1, 0.15) is 11.4 Å². The molecule has 0 spiro atoms. The molecule has 0 radical (unpaired) electrons. The molecule has 0 saturated heterocycles. The number of rotatable bonds is 19. The molecule has 9 heteroatoms. The topological polar surface area (TPSA) is 132 Å². The number of nitrogens with two attached hydrogens (primary N) is 1. The van der Waals surface area contributed by atoms with Gasteiger partial charge in [0, 0.05) is 39.3 Å². The lowest BCUT2D eigenvalue weighted by Crippen LogP contribution is -2.44. The molecule has 5 N–H and O–H groups in total. The maximum atomic E-state index is 12.1. The number of anilines is 2. The quantitative estimate of drug-likeness (QED) is 0.159. The van der Waals surface area contributed by atoms with E-state index in [1.54, 1.807) is 14.2 Å². The van der Waals surface area contributed by atoms with Crippen molar-refractivity contribution in [3.63, 3.8) is 0 Å². The van der Waals surface area contributed by atoms with Gasteiger partial charge in [0.25, 0.3) is 10.9 Å². The first-order valence-electron chi connectivity index (χ1n) is 13.7. The monoisotopic (exact) mass is 533 g/mol. The molecule has 2 rings (SSSR count). The van der Waals surface area contributed by atoms with E-state index in [2.05, 4.69) is 38.3 Å². The van der Waals surface area contributed by atoms with Crippen molar-refractivity contribution in [1.29, 1.82) is 0 Å². The molecule has 0 unspecified atom stereocenters. The van der Waals surface area contributed by atoms with Crippen molar-refractivity contribution in [2.75, 3.05) is 51.2 Å². The largest absolute Gasteiger partial charge is 0.493 e. The first kappa shape index (κ1) is 31.6. The molecule has 38 heavy (non-hydrogen) atoms. The summed E-state index contributed by atoms with van der Waals surface area (Å²) in [5.74, 6) is 2.31. The van der Waals surface area contributed by atoms with Crippen molar-refractivity contribution in [1.82, 2.24) is 0 Å². The SMILES string of the molecule is CC[C@H](C)CNc1c(NC[C@H](O)[C@@H](N)C[C@H](Cc2ccc(OC)c(OCCCOC)c2)C(C)C)c(=O)c1=O. The molecular formula is C29H47N3O6. The fraction of sp³-hybridized carbons (Fsp3) is 0.655. The number of benzene rings is 1. The predicted octanol–water partition coefficient (Wildman–Crippen LogP) is 3.17. The van der Waals surface area contributed by atoms with Gasteiger partial charge < -0.3 is 35.7 Å². The number of aliphatic hydroxyl groups is 1. The Bertz CT molecular complexity index is 1050. The van der Waals surface area contributed by atoms with Crippen LogP contribution in [0.2, 0.25) is 0 Å². The van der Waals surface area contributed by atoms with Gasteiger partial charge in [0.15, 0.2) is 11.5 Å². The third kappa shape index (κ3) is 8.99. The normalized spacial score (nSPS) is 14.8. The molecule has 0 bridgehead atoms. The maximum Gasteiger partial charge on any atom is 0.253 e. The Labute approximate surface area is 226 Å². The molecule has 9 nitrogen and oxygen atoms in total. The number of methoxy groups -OCH3 is 2. The zero-order valence-electron chi connectivity index (χ0n) is 23.8. The van der Waals surface area contributed by atoms with Crippen LogP contribution in [0.25, 0.3) is 0 Å². The highest BCUT2D eigenvalue weighted by molar-refractivity contribution is 5.74. The Morgan fingerprint density at radius 1 is 0.974 bits per heavy atom. The molecule has 0 saturated carbocycles. The molecule has 2 aromatic rings. The van der Waals surface area contributed by atoms with Crippen LogP contribution in [0.15, 0.2) is 27.8 Å². The van der Waals surface area contributed by atoms with E-state index < -0.39 is 23.0 Å². The van der Waals surface area contributed by atoms with Gasteiger partial charge in [-0.3, -0.25) is 9.59 Å². The lowest BCUT2D eigenvalue weighted by atomic mass is 9.83. The summed E-state index contributed by atoms with van der Waals surface area (Å²) in [6.45, 7) is 10.3. The Kier molecular flexibility index (Phi) is 13.1. The molecule has 4 atom stereocenters. The summed E-state index contributed by atoms with van der Waals surface area (Å²) < 4.78 is 16.5. The molecule has 0 aliphatic rings. The highest BCUT2D eigenvalue weighted by atomic mass is 16.5. The third-order valence-electron chi connectivity index (χ3n) is 7.21.